The predicted octanol–water partition coefficient (Wildman–Crippen LogP) is 0.117. The van der Waals surface area contributed by atoms with Gasteiger partial charge in [-0.2, -0.15) is 0 Å². The number of aliphatic carboxylic acids is 1. The van der Waals surface area contributed by atoms with Crippen LogP contribution in [-0.2, 0) is 9.53 Å². The van der Waals surface area contributed by atoms with E-state index >= 15 is 0 Å². The molecule has 1 rings (SSSR count). The average Bonchev–Trinajstić information content (AvgIpc) is 2.42. The Bertz CT molecular complexity index is 351. The molecule has 1 heterocycles. The van der Waals surface area contributed by atoms with Crippen LogP contribution in [0.1, 0.15) is 20.3 Å². The second-order valence-corrected chi connectivity index (χ2v) is 5.54. The zero-order chi connectivity index (χ0) is 15.2. The molecule has 20 heavy (non-hydrogen) atoms. The lowest BCUT2D eigenvalue weighted by Gasteiger charge is -2.30. The highest BCUT2D eigenvalue weighted by atomic mass is 16.5. The second-order valence-electron chi connectivity index (χ2n) is 5.54. The molecular formula is C13H25N3O4. The molecule has 0 bridgehead atoms. The minimum atomic E-state index is -0.932. The van der Waals surface area contributed by atoms with Crippen molar-refractivity contribution in [3.05, 3.63) is 0 Å². The first-order chi connectivity index (χ1) is 9.37. The van der Waals surface area contributed by atoms with Crippen molar-refractivity contribution in [2.75, 3.05) is 39.8 Å². The van der Waals surface area contributed by atoms with E-state index in [1.807, 2.05) is 7.05 Å². The van der Waals surface area contributed by atoms with Crippen molar-refractivity contribution in [3.63, 3.8) is 0 Å². The Labute approximate surface area is 119 Å². The number of urea groups is 1. The van der Waals surface area contributed by atoms with E-state index in [0.29, 0.717) is 19.6 Å². The molecular weight excluding hydrogens is 262 g/mol. The molecule has 3 N–H and O–H groups in total. The van der Waals surface area contributed by atoms with Gasteiger partial charge in [-0.15, -0.1) is 0 Å². The van der Waals surface area contributed by atoms with Crippen LogP contribution in [0.2, 0.25) is 0 Å². The lowest BCUT2D eigenvalue weighted by Crippen LogP contribution is -2.49. The molecule has 7 nitrogen and oxygen atoms in total. The van der Waals surface area contributed by atoms with Crippen molar-refractivity contribution >= 4 is 12.0 Å². The number of morpholine rings is 1. The summed E-state index contributed by atoms with van der Waals surface area (Å²) in [7, 11) is 2.01. The molecule has 116 valence electrons. The van der Waals surface area contributed by atoms with Crippen LogP contribution in [0.4, 0.5) is 4.79 Å². The first kappa shape index (κ1) is 16.7. The Morgan fingerprint density at radius 1 is 1.45 bits per heavy atom. The number of likely N-dealkylation sites (N-methyl/N-ethyl adjacent to an activating group) is 1. The fourth-order valence-electron chi connectivity index (χ4n) is 1.89. The molecule has 2 atom stereocenters. The number of carboxylic acid groups (broad SMARTS) is 1. The number of nitrogens with one attached hydrogen (secondary N) is 2. The van der Waals surface area contributed by atoms with E-state index in [4.69, 9.17) is 9.84 Å². The van der Waals surface area contributed by atoms with Crippen LogP contribution >= 0.6 is 0 Å². The number of amides is 2. The van der Waals surface area contributed by atoms with Gasteiger partial charge in [0.25, 0.3) is 0 Å². The van der Waals surface area contributed by atoms with Crippen molar-refractivity contribution in [3.8, 4) is 0 Å². The van der Waals surface area contributed by atoms with Crippen LogP contribution in [0.25, 0.3) is 0 Å². The molecule has 1 saturated heterocycles. The summed E-state index contributed by atoms with van der Waals surface area (Å²) in [6.45, 7) is 6.28. The van der Waals surface area contributed by atoms with Crippen LogP contribution in [-0.4, -0.2) is 67.9 Å². The Hall–Kier alpha value is -1.34. The summed E-state index contributed by atoms with van der Waals surface area (Å²) in [5.41, 5.74) is -0.932. The number of rotatable bonds is 6. The maximum Gasteiger partial charge on any atom is 0.314 e. The van der Waals surface area contributed by atoms with Gasteiger partial charge in [0.2, 0.25) is 0 Å². The third-order valence-electron chi connectivity index (χ3n) is 3.77. The van der Waals surface area contributed by atoms with E-state index < -0.39 is 11.4 Å². The predicted molar refractivity (Wildman–Crippen MR) is 74.7 cm³/mol. The molecule has 1 fully saturated rings. The van der Waals surface area contributed by atoms with Gasteiger partial charge in [-0.1, -0.05) is 6.92 Å². The summed E-state index contributed by atoms with van der Waals surface area (Å²) in [5, 5.41) is 14.4. The summed E-state index contributed by atoms with van der Waals surface area (Å²) in [6.07, 6.45) is 0.440. The van der Waals surface area contributed by atoms with E-state index in [0.717, 1.165) is 13.1 Å². The summed E-state index contributed by atoms with van der Waals surface area (Å²) in [6, 6.07) is -0.359. The fraction of sp³-hybridized carbons (Fsp3) is 0.846. The first-order valence-corrected chi connectivity index (χ1v) is 6.92. The van der Waals surface area contributed by atoms with Gasteiger partial charge in [-0.3, -0.25) is 4.79 Å². The van der Waals surface area contributed by atoms with Crippen LogP contribution in [0.5, 0.6) is 0 Å². The molecule has 0 spiro atoms. The molecule has 0 saturated carbocycles. The van der Waals surface area contributed by atoms with Gasteiger partial charge in [0.05, 0.1) is 18.1 Å². The molecule has 0 aliphatic carbocycles. The van der Waals surface area contributed by atoms with Crippen molar-refractivity contribution in [2.24, 2.45) is 5.41 Å². The van der Waals surface area contributed by atoms with Crippen molar-refractivity contribution in [1.29, 1.82) is 0 Å². The average molecular weight is 287 g/mol. The summed E-state index contributed by atoms with van der Waals surface area (Å²) in [4.78, 5) is 24.9. The monoisotopic (exact) mass is 287 g/mol. The van der Waals surface area contributed by atoms with Gasteiger partial charge in [0, 0.05) is 26.2 Å². The Morgan fingerprint density at radius 3 is 2.70 bits per heavy atom. The van der Waals surface area contributed by atoms with Crippen LogP contribution in [0.15, 0.2) is 0 Å². The minimum Gasteiger partial charge on any atom is -0.481 e. The largest absolute Gasteiger partial charge is 0.481 e. The third-order valence-corrected chi connectivity index (χ3v) is 3.77. The normalized spacial score (nSPS) is 22.9. The molecule has 2 amide bonds. The first-order valence-electron chi connectivity index (χ1n) is 6.92. The van der Waals surface area contributed by atoms with Crippen molar-refractivity contribution in [2.45, 2.75) is 26.4 Å². The highest BCUT2D eigenvalue weighted by molar-refractivity contribution is 5.77. The summed E-state index contributed by atoms with van der Waals surface area (Å²) in [5.74, 6) is -0.905. The number of hydrogen-bond donors (Lipinski definition) is 3. The number of hydrogen-bond acceptors (Lipinski definition) is 4. The fourth-order valence-corrected chi connectivity index (χ4v) is 1.89. The molecule has 0 aromatic rings. The number of carbonyl (C=O) groups is 2. The zero-order valence-electron chi connectivity index (χ0n) is 12.4. The number of nitrogens with zero attached hydrogens (tertiary/aromatic N) is 1. The second kappa shape index (κ2) is 7.44. The standard InChI is InChI=1S/C13H25N3O4/c1-4-13(2,11(17)18)9-15-12(19)14-7-10-8-16(3)5-6-20-10/h10H,4-9H2,1-3H3,(H,17,18)(H2,14,15,19). The van der Waals surface area contributed by atoms with Crippen LogP contribution < -0.4 is 10.6 Å². The van der Waals surface area contributed by atoms with E-state index in [1.165, 1.54) is 0 Å². The molecule has 0 aromatic heterocycles. The Kier molecular flexibility index (Phi) is 6.22. The van der Waals surface area contributed by atoms with Gasteiger partial charge in [-0.25, -0.2) is 4.79 Å². The quantitative estimate of drug-likeness (QED) is 0.645. The smallest absolute Gasteiger partial charge is 0.314 e. The number of ether oxygens (including phenoxy) is 1. The van der Waals surface area contributed by atoms with Gasteiger partial charge in [-0.05, 0) is 20.4 Å². The van der Waals surface area contributed by atoms with Gasteiger partial charge >= 0.3 is 12.0 Å². The third kappa shape index (κ3) is 4.97. The minimum absolute atomic E-state index is 0.0171. The Balaban J connectivity index is 2.28. The molecule has 7 heteroatoms. The van der Waals surface area contributed by atoms with Gasteiger partial charge in [0.1, 0.15) is 0 Å². The lowest BCUT2D eigenvalue weighted by molar-refractivity contribution is -0.147. The van der Waals surface area contributed by atoms with E-state index in [2.05, 4.69) is 15.5 Å². The van der Waals surface area contributed by atoms with Gasteiger partial charge in [0.15, 0.2) is 0 Å². The summed E-state index contributed by atoms with van der Waals surface area (Å²) < 4.78 is 5.53. The van der Waals surface area contributed by atoms with Crippen molar-refractivity contribution in [1.82, 2.24) is 15.5 Å². The van der Waals surface area contributed by atoms with E-state index in [9.17, 15) is 9.59 Å². The topological polar surface area (TPSA) is 90.9 Å². The number of carbonyl (C=O) groups excluding carboxylic acids is 1. The van der Waals surface area contributed by atoms with Crippen LogP contribution in [0, 0.1) is 5.41 Å². The maximum atomic E-state index is 11.7. The van der Waals surface area contributed by atoms with Crippen LogP contribution in [0.3, 0.4) is 0 Å². The molecule has 2 unspecified atom stereocenters. The molecule has 0 aromatic carbocycles. The molecule has 1 aliphatic rings. The van der Waals surface area contributed by atoms with E-state index in [-0.39, 0.29) is 18.7 Å². The zero-order valence-corrected chi connectivity index (χ0v) is 12.4. The SMILES string of the molecule is CCC(C)(CNC(=O)NCC1CN(C)CCO1)C(=O)O. The van der Waals surface area contributed by atoms with Crippen molar-refractivity contribution < 1.29 is 19.4 Å². The Morgan fingerprint density at radius 2 is 2.15 bits per heavy atom. The summed E-state index contributed by atoms with van der Waals surface area (Å²) >= 11 is 0. The number of carboxylic acids is 1. The highest BCUT2D eigenvalue weighted by Gasteiger charge is 2.31. The lowest BCUT2D eigenvalue weighted by atomic mass is 9.88. The molecule has 1 aliphatic heterocycles. The maximum absolute atomic E-state index is 11.7. The van der Waals surface area contributed by atoms with E-state index in [1.54, 1.807) is 13.8 Å². The molecule has 0 radical (unpaired) electrons. The highest BCUT2D eigenvalue weighted by Crippen LogP contribution is 2.19. The van der Waals surface area contributed by atoms with Gasteiger partial charge < -0.3 is 25.4 Å².